The van der Waals surface area contributed by atoms with Crippen LogP contribution in [0, 0.1) is 5.92 Å². The van der Waals surface area contributed by atoms with E-state index >= 15 is 0 Å². The lowest BCUT2D eigenvalue weighted by atomic mass is 9.99. The number of carbonyl (C=O) groups is 1. The third-order valence-corrected chi connectivity index (χ3v) is 9.10. The number of hydrogen-bond acceptors (Lipinski definition) is 6. The first-order valence-electron chi connectivity index (χ1n) is 11.0. The highest BCUT2D eigenvalue weighted by molar-refractivity contribution is 7.89. The molecule has 0 spiro atoms. The molecule has 5 rings (SSSR count). The second-order valence-electron chi connectivity index (χ2n) is 9.22. The number of nitrogens with one attached hydrogen (secondary N) is 2. The summed E-state index contributed by atoms with van der Waals surface area (Å²) in [4.78, 5) is 12.6. The highest BCUT2D eigenvalue weighted by Gasteiger charge is 2.47. The van der Waals surface area contributed by atoms with Crippen molar-refractivity contribution in [3.05, 3.63) is 17.5 Å². The summed E-state index contributed by atoms with van der Waals surface area (Å²) in [6, 6.07) is 1.75. The van der Waals surface area contributed by atoms with Gasteiger partial charge in [-0.3, -0.25) is 4.79 Å². The molecule has 1 saturated carbocycles. The Bertz CT molecular complexity index is 846. The van der Waals surface area contributed by atoms with E-state index in [2.05, 4.69) is 15.8 Å². The van der Waals surface area contributed by atoms with Crippen molar-refractivity contribution in [2.24, 2.45) is 5.92 Å². The number of hydrogen-bond donors (Lipinski definition) is 2. The molecule has 1 aromatic heterocycles. The lowest BCUT2D eigenvalue weighted by Crippen LogP contribution is -2.53. The van der Waals surface area contributed by atoms with Crippen LogP contribution in [-0.2, 0) is 10.0 Å². The molecule has 29 heavy (non-hydrogen) atoms. The topological polar surface area (TPSA) is 105 Å². The number of aromatic nitrogens is 1. The molecule has 160 valence electrons. The fourth-order valence-electron chi connectivity index (χ4n) is 5.35. The van der Waals surface area contributed by atoms with Crippen molar-refractivity contribution in [1.29, 1.82) is 0 Å². The molecule has 4 heterocycles. The summed E-state index contributed by atoms with van der Waals surface area (Å²) in [7, 11) is -3.26. The lowest BCUT2D eigenvalue weighted by Gasteiger charge is -2.39. The minimum atomic E-state index is -3.26. The van der Waals surface area contributed by atoms with Gasteiger partial charge in [-0.1, -0.05) is 5.16 Å². The molecule has 2 bridgehead atoms. The van der Waals surface area contributed by atoms with E-state index < -0.39 is 10.0 Å². The van der Waals surface area contributed by atoms with Gasteiger partial charge in [0.1, 0.15) is 5.76 Å². The van der Waals surface area contributed by atoms with Gasteiger partial charge in [-0.15, -0.1) is 0 Å². The zero-order chi connectivity index (χ0) is 20.0. The summed E-state index contributed by atoms with van der Waals surface area (Å²) in [5.74, 6) is 1.53. The second-order valence-corrected chi connectivity index (χ2v) is 11.1. The fraction of sp³-hybridized carbons (Fsp3) is 0.800. The third-order valence-electron chi connectivity index (χ3n) is 6.97. The Morgan fingerprint density at radius 3 is 2.48 bits per heavy atom. The van der Waals surface area contributed by atoms with Crippen molar-refractivity contribution in [3.8, 4) is 0 Å². The van der Waals surface area contributed by atoms with Crippen LogP contribution in [0.1, 0.15) is 73.5 Å². The number of nitrogens with zero attached hydrogens (tertiary/aromatic N) is 2. The summed E-state index contributed by atoms with van der Waals surface area (Å²) in [6.45, 7) is 1.82. The zero-order valence-electron chi connectivity index (χ0n) is 16.7. The Hall–Kier alpha value is -1.45. The first-order chi connectivity index (χ1) is 14.0. The van der Waals surface area contributed by atoms with E-state index in [9.17, 15) is 13.2 Å². The van der Waals surface area contributed by atoms with E-state index in [1.807, 2.05) is 0 Å². The van der Waals surface area contributed by atoms with Crippen molar-refractivity contribution in [2.45, 2.75) is 75.4 Å². The molecule has 3 aliphatic heterocycles. The standard InChI is InChI=1S/C20H30N4O4S/c25-20(18-11-19(28-23-18)14-1-2-14)22-15-9-16-3-4-17(10-15)24(16)29(26,27)12-13-5-7-21-8-6-13/h11,13-17,21H,1-10,12H2,(H,22,25)/t15?,16-,17+. The van der Waals surface area contributed by atoms with Crippen molar-refractivity contribution in [2.75, 3.05) is 18.8 Å². The van der Waals surface area contributed by atoms with Crippen LogP contribution in [0.5, 0.6) is 0 Å². The number of carbonyl (C=O) groups excluding carboxylic acids is 1. The van der Waals surface area contributed by atoms with Gasteiger partial charge in [-0.25, -0.2) is 8.42 Å². The molecular formula is C20H30N4O4S. The molecule has 1 unspecified atom stereocenters. The summed E-state index contributed by atoms with van der Waals surface area (Å²) < 4.78 is 33.3. The number of sulfonamides is 1. The minimum absolute atomic E-state index is 0.00472. The van der Waals surface area contributed by atoms with Crippen LogP contribution in [0.15, 0.2) is 10.6 Å². The van der Waals surface area contributed by atoms with E-state index in [-0.39, 0.29) is 35.7 Å². The van der Waals surface area contributed by atoms with E-state index in [0.29, 0.717) is 24.5 Å². The van der Waals surface area contributed by atoms with E-state index in [4.69, 9.17) is 4.52 Å². The van der Waals surface area contributed by atoms with Crippen LogP contribution in [0.4, 0.5) is 0 Å². The molecule has 0 aromatic carbocycles. The molecule has 2 N–H and O–H groups in total. The maximum absolute atomic E-state index is 13.1. The highest BCUT2D eigenvalue weighted by Crippen LogP contribution is 2.41. The van der Waals surface area contributed by atoms with Gasteiger partial charge in [-0.05, 0) is 70.4 Å². The van der Waals surface area contributed by atoms with E-state index in [0.717, 1.165) is 57.4 Å². The highest BCUT2D eigenvalue weighted by atomic mass is 32.2. The fourth-order valence-corrected chi connectivity index (χ4v) is 7.75. The molecule has 4 aliphatic rings. The Morgan fingerprint density at radius 2 is 1.83 bits per heavy atom. The smallest absolute Gasteiger partial charge is 0.273 e. The van der Waals surface area contributed by atoms with Crippen LogP contribution in [0.2, 0.25) is 0 Å². The Balaban J connectivity index is 1.20. The van der Waals surface area contributed by atoms with Crippen molar-refractivity contribution >= 4 is 15.9 Å². The van der Waals surface area contributed by atoms with Gasteiger partial charge in [-0.2, -0.15) is 4.31 Å². The average molecular weight is 423 g/mol. The predicted molar refractivity (Wildman–Crippen MR) is 107 cm³/mol. The first-order valence-corrected chi connectivity index (χ1v) is 12.6. The largest absolute Gasteiger partial charge is 0.360 e. The maximum Gasteiger partial charge on any atom is 0.273 e. The molecule has 1 aliphatic carbocycles. The summed E-state index contributed by atoms with van der Waals surface area (Å²) >= 11 is 0. The van der Waals surface area contributed by atoms with Gasteiger partial charge in [0, 0.05) is 30.1 Å². The first kappa shape index (κ1) is 19.5. The maximum atomic E-state index is 13.1. The second kappa shape index (κ2) is 7.67. The van der Waals surface area contributed by atoms with Gasteiger partial charge in [0.05, 0.1) is 5.75 Å². The van der Waals surface area contributed by atoms with E-state index in [1.54, 1.807) is 10.4 Å². The van der Waals surface area contributed by atoms with Crippen LogP contribution in [0.25, 0.3) is 0 Å². The Kier molecular flexibility index (Phi) is 5.16. The molecule has 4 fully saturated rings. The average Bonchev–Trinajstić information content (AvgIpc) is 3.34. The summed E-state index contributed by atoms with van der Waals surface area (Å²) in [5, 5.41) is 10.3. The SMILES string of the molecule is O=C(NC1C[C@H]2CC[C@@H](C1)N2S(=O)(=O)CC1CCNCC1)c1cc(C2CC2)on1. The quantitative estimate of drug-likeness (QED) is 0.722. The molecule has 8 nitrogen and oxygen atoms in total. The van der Waals surface area contributed by atoms with Crippen molar-refractivity contribution in [1.82, 2.24) is 20.1 Å². The van der Waals surface area contributed by atoms with Crippen molar-refractivity contribution in [3.63, 3.8) is 0 Å². The normalized spacial score (nSPS) is 31.1. The number of rotatable bonds is 6. The minimum Gasteiger partial charge on any atom is -0.360 e. The van der Waals surface area contributed by atoms with Crippen LogP contribution < -0.4 is 10.6 Å². The van der Waals surface area contributed by atoms with Crippen LogP contribution in [0.3, 0.4) is 0 Å². The molecule has 1 amide bonds. The number of amides is 1. The van der Waals surface area contributed by atoms with Crippen molar-refractivity contribution < 1.29 is 17.7 Å². The number of fused-ring (bicyclic) bond motifs is 2. The molecule has 3 saturated heterocycles. The number of piperidine rings is 2. The molecule has 0 radical (unpaired) electrons. The lowest BCUT2D eigenvalue weighted by molar-refractivity contribution is 0.0900. The van der Waals surface area contributed by atoms with Crippen LogP contribution in [-0.4, -0.2) is 60.8 Å². The summed E-state index contributed by atoms with van der Waals surface area (Å²) in [6.07, 6.45) is 7.20. The van der Waals surface area contributed by atoms with Gasteiger partial charge in [0.25, 0.3) is 5.91 Å². The van der Waals surface area contributed by atoms with Gasteiger partial charge in [0.15, 0.2) is 5.69 Å². The van der Waals surface area contributed by atoms with Crippen LogP contribution >= 0.6 is 0 Å². The zero-order valence-corrected chi connectivity index (χ0v) is 17.5. The van der Waals surface area contributed by atoms with Gasteiger partial charge in [0.2, 0.25) is 10.0 Å². The van der Waals surface area contributed by atoms with E-state index in [1.165, 1.54) is 0 Å². The molecule has 9 heteroatoms. The van der Waals surface area contributed by atoms with Gasteiger partial charge >= 0.3 is 0 Å². The Labute approximate surface area is 171 Å². The predicted octanol–water partition coefficient (Wildman–Crippen LogP) is 1.61. The molecule has 3 atom stereocenters. The third kappa shape index (κ3) is 4.09. The monoisotopic (exact) mass is 422 g/mol. The molecular weight excluding hydrogens is 392 g/mol. The van der Waals surface area contributed by atoms with Gasteiger partial charge < -0.3 is 15.2 Å². The Morgan fingerprint density at radius 1 is 1.14 bits per heavy atom. The summed E-state index contributed by atoms with van der Waals surface area (Å²) in [5.41, 5.74) is 0.334. The molecule has 1 aromatic rings.